The summed E-state index contributed by atoms with van der Waals surface area (Å²) in [5.74, 6) is -0.903. The number of carbonyl (C=O) groups excluding carboxylic acids is 2. The molecule has 0 atom stereocenters. The Labute approximate surface area is 191 Å². The number of alkyl halides is 3. The molecule has 1 aromatic heterocycles. The number of thioether (sulfide) groups is 1. The average molecular weight is 479 g/mol. The standard InChI is InChI=1S/C21H21F3N6O2S/c1-20(2,3)30-19(27-28-29-30)33-12-17(31)25-15-8-4-6-13(10-15)18(32)26-16-9-5-7-14(11-16)21(22,23)24/h4-11H,12H2,1-3H3,(H,25,31)(H,26,32). The van der Waals surface area contributed by atoms with Crippen LogP contribution in [0.4, 0.5) is 24.5 Å². The Morgan fingerprint density at radius 1 is 1.00 bits per heavy atom. The van der Waals surface area contributed by atoms with E-state index >= 15 is 0 Å². The van der Waals surface area contributed by atoms with E-state index in [1.165, 1.54) is 36.0 Å². The maximum absolute atomic E-state index is 12.9. The molecule has 2 aromatic carbocycles. The van der Waals surface area contributed by atoms with Crippen molar-refractivity contribution < 1.29 is 22.8 Å². The molecule has 0 bridgehead atoms. The Balaban J connectivity index is 1.62. The first kappa shape index (κ1) is 24.2. The summed E-state index contributed by atoms with van der Waals surface area (Å²) in [7, 11) is 0. The lowest BCUT2D eigenvalue weighted by Crippen LogP contribution is -2.24. The fraction of sp³-hybridized carbons (Fsp3) is 0.286. The van der Waals surface area contributed by atoms with Crippen LogP contribution in [0, 0.1) is 0 Å². The molecule has 0 aliphatic heterocycles. The van der Waals surface area contributed by atoms with E-state index < -0.39 is 17.6 Å². The Hall–Kier alpha value is -3.41. The highest BCUT2D eigenvalue weighted by Gasteiger charge is 2.30. The van der Waals surface area contributed by atoms with E-state index in [1.54, 1.807) is 16.8 Å². The predicted octanol–water partition coefficient (Wildman–Crippen LogP) is 4.43. The minimum Gasteiger partial charge on any atom is -0.325 e. The van der Waals surface area contributed by atoms with Gasteiger partial charge in [0.2, 0.25) is 11.1 Å². The van der Waals surface area contributed by atoms with Crippen molar-refractivity contribution in [2.75, 3.05) is 16.4 Å². The number of amides is 2. The summed E-state index contributed by atoms with van der Waals surface area (Å²) in [5, 5.41) is 17.1. The number of benzene rings is 2. The van der Waals surface area contributed by atoms with Crippen molar-refractivity contribution in [1.82, 2.24) is 20.2 Å². The van der Waals surface area contributed by atoms with Crippen LogP contribution in [0.5, 0.6) is 0 Å². The number of nitrogens with one attached hydrogen (secondary N) is 2. The Morgan fingerprint density at radius 2 is 1.67 bits per heavy atom. The van der Waals surface area contributed by atoms with Crippen molar-refractivity contribution in [1.29, 1.82) is 0 Å². The van der Waals surface area contributed by atoms with Gasteiger partial charge in [0.05, 0.1) is 16.9 Å². The number of hydrogen-bond donors (Lipinski definition) is 2. The maximum atomic E-state index is 12.9. The third-order valence-corrected chi connectivity index (χ3v) is 5.18. The smallest absolute Gasteiger partial charge is 0.325 e. The van der Waals surface area contributed by atoms with Gasteiger partial charge in [-0.25, -0.2) is 4.68 Å². The lowest BCUT2D eigenvalue weighted by Gasteiger charge is -2.19. The number of halogens is 3. The molecule has 2 N–H and O–H groups in total. The molecule has 1 heterocycles. The first-order valence-electron chi connectivity index (χ1n) is 9.74. The van der Waals surface area contributed by atoms with E-state index in [-0.39, 0.29) is 28.4 Å². The van der Waals surface area contributed by atoms with Gasteiger partial charge in [-0.2, -0.15) is 13.2 Å². The highest BCUT2D eigenvalue weighted by atomic mass is 32.2. The topological polar surface area (TPSA) is 102 Å². The third-order valence-electron chi connectivity index (χ3n) is 4.26. The van der Waals surface area contributed by atoms with Gasteiger partial charge < -0.3 is 10.6 Å². The SMILES string of the molecule is CC(C)(C)n1nnnc1SCC(=O)Nc1cccc(C(=O)Nc2cccc(C(F)(F)F)c2)c1. The number of nitrogens with zero attached hydrogens (tertiary/aromatic N) is 4. The number of hydrogen-bond acceptors (Lipinski definition) is 6. The third kappa shape index (κ3) is 6.54. The Morgan fingerprint density at radius 3 is 2.33 bits per heavy atom. The molecule has 2 amide bonds. The van der Waals surface area contributed by atoms with E-state index in [1.807, 2.05) is 20.8 Å². The van der Waals surface area contributed by atoms with Gasteiger partial charge in [0, 0.05) is 16.9 Å². The molecule has 3 rings (SSSR count). The number of tetrazole rings is 1. The van der Waals surface area contributed by atoms with Crippen LogP contribution in [-0.2, 0) is 16.5 Å². The summed E-state index contributed by atoms with van der Waals surface area (Å²) in [5.41, 5.74) is -0.653. The van der Waals surface area contributed by atoms with Crippen molar-refractivity contribution in [3.63, 3.8) is 0 Å². The number of carbonyl (C=O) groups is 2. The van der Waals surface area contributed by atoms with Crippen LogP contribution in [0.3, 0.4) is 0 Å². The fourth-order valence-electron chi connectivity index (χ4n) is 2.73. The molecular formula is C21H21F3N6O2S. The van der Waals surface area contributed by atoms with Gasteiger partial charge in [0.15, 0.2) is 0 Å². The van der Waals surface area contributed by atoms with Crippen molar-refractivity contribution >= 4 is 35.0 Å². The predicted molar refractivity (Wildman–Crippen MR) is 118 cm³/mol. The molecule has 0 fully saturated rings. The molecule has 0 aliphatic carbocycles. The van der Waals surface area contributed by atoms with Gasteiger partial charge in [0.1, 0.15) is 0 Å². The molecule has 3 aromatic rings. The van der Waals surface area contributed by atoms with Crippen LogP contribution in [0.15, 0.2) is 53.7 Å². The summed E-state index contributed by atoms with van der Waals surface area (Å²) in [6, 6.07) is 10.4. The van der Waals surface area contributed by atoms with Crippen LogP contribution in [0.2, 0.25) is 0 Å². The van der Waals surface area contributed by atoms with Gasteiger partial charge in [-0.15, -0.1) is 5.10 Å². The summed E-state index contributed by atoms with van der Waals surface area (Å²) < 4.78 is 40.2. The van der Waals surface area contributed by atoms with Crippen molar-refractivity contribution in [2.24, 2.45) is 0 Å². The first-order valence-corrected chi connectivity index (χ1v) is 10.7. The molecule has 0 saturated heterocycles. The summed E-state index contributed by atoms with van der Waals surface area (Å²) in [6.07, 6.45) is -4.51. The highest BCUT2D eigenvalue weighted by Crippen LogP contribution is 2.30. The second-order valence-corrected chi connectivity index (χ2v) is 8.94. The van der Waals surface area contributed by atoms with Gasteiger partial charge in [-0.1, -0.05) is 23.9 Å². The largest absolute Gasteiger partial charge is 0.416 e. The zero-order valence-electron chi connectivity index (χ0n) is 18.0. The van der Waals surface area contributed by atoms with Gasteiger partial charge >= 0.3 is 6.18 Å². The minimum atomic E-state index is -4.51. The van der Waals surface area contributed by atoms with E-state index in [9.17, 15) is 22.8 Å². The maximum Gasteiger partial charge on any atom is 0.416 e. The molecular weight excluding hydrogens is 457 g/mol. The van der Waals surface area contributed by atoms with Crippen molar-refractivity contribution in [3.8, 4) is 0 Å². The zero-order chi connectivity index (χ0) is 24.2. The van der Waals surface area contributed by atoms with Crippen molar-refractivity contribution in [2.45, 2.75) is 37.6 Å². The molecule has 0 aliphatic rings. The second kappa shape index (κ2) is 9.61. The molecule has 33 heavy (non-hydrogen) atoms. The van der Waals surface area contributed by atoms with E-state index in [0.29, 0.717) is 10.8 Å². The molecule has 0 spiro atoms. The highest BCUT2D eigenvalue weighted by molar-refractivity contribution is 7.99. The second-order valence-electron chi connectivity index (χ2n) is 7.99. The van der Waals surface area contributed by atoms with Crippen LogP contribution < -0.4 is 10.6 Å². The van der Waals surface area contributed by atoms with Crippen molar-refractivity contribution in [3.05, 3.63) is 59.7 Å². The molecule has 0 unspecified atom stereocenters. The van der Waals surface area contributed by atoms with Gasteiger partial charge in [-0.05, 0) is 67.6 Å². The van der Waals surface area contributed by atoms with Crippen LogP contribution in [0.1, 0.15) is 36.7 Å². The van der Waals surface area contributed by atoms with Crippen LogP contribution in [0.25, 0.3) is 0 Å². The molecule has 8 nitrogen and oxygen atoms in total. The monoisotopic (exact) mass is 478 g/mol. The minimum absolute atomic E-state index is 0.0113. The molecule has 12 heteroatoms. The van der Waals surface area contributed by atoms with Gasteiger partial charge in [-0.3, -0.25) is 9.59 Å². The summed E-state index contributed by atoms with van der Waals surface area (Å²) in [4.78, 5) is 24.8. The number of rotatable bonds is 6. The zero-order valence-corrected chi connectivity index (χ0v) is 18.8. The van der Waals surface area contributed by atoms with E-state index in [2.05, 4.69) is 26.2 Å². The fourth-order valence-corrected chi connectivity index (χ4v) is 3.59. The number of aromatic nitrogens is 4. The number of anilines is 2. The Kier molecular flexibility index (Phi) is 7.06. The molecule has 0 saturated carbocycles. The first-order chi connectivity index (χ1) is 15.4. The van der Waals surface area contributed by atoms with Gasteiger partial charge in [0.25, 0.3) is 5.91 Å². The summed E-state index contributed by atoms with van der Waals surface area (Å²) in [6.45, 7) is 5.80. The van der Waals surface area contributed by atoms with E-state index in [4.69, 9.17) is 0 Å². The molecule has 0 radical (unpaired) electrons. The average Bonchev–Trinajstić information content (AvgIpc) is 3.21. The Bertz CT molecular complexity index is 1160. The lowest BCUT2D eigenvalue weighted by atomic mass is 10.1. The lowest BCUT2D eigenvalue weighted by molar-refractivity contribution is -0.137. The summed E-state index contributed by atoms with van der Waals surface area (Å²) >= 11 is 1.17. The van der Waals surface area contributed by atoms with E-state index in [0.717, 1.165) is 12.1 Å². The molecule has 174 valence electrons. The normalized spacial score (nSPS) is 11.8. The van der Waals surface area contributed by atoms with Crippen LogP contribution in [-0.4, -0.2) is 37.8 Å². The van der Waals surface area contributed by atoms with Crippen LogP contribution >= 0.6 is 11.8 Å². The quantitative estimate of drug-likeness (QED) is 0.509.